The van der Waals surface area contributed by atoms with Gasteiger partial charge in [0.2, 0.25) is 0 Å². The molecule has 4 aromatic rings. The van der Waals surface area contributed by atoms with Crippen LogP contribution in [0.25, 0.3) is 21.7 Å². The number of hydrogen-bond acceptors (Lipinski definition) is 5. The summed E-state index contributed by atoms with van der Waals surface area (Å²) in [5, 5.41) is 10.8. The molecule has 2 aromatic heterocycles. The first-order valence-electron chi connectivity index (χ1n) is 15.6. The van der Waals surface area contributed by atoms with Crippen LogP contribution in [0.15, 0.2) is 67.6 Å². The van der Waals surface area contributed by atoms with Crippen LogP contribution in [0.5, 0.6) is 0 Å². The molecule has 0 amide bonds. The van der Waals surface area contributed by atoms with Crippen LogP contribution >= 0.6 is 0 Å². The lowest BCUT2D eigenvalue weighted by Crippen LogP contribution is -2.16. The lowest BCUT2D eigenvalue weighted by molar-refractivity contribution is 0.314. The molecule has 4 N–H and O–H groups in total. The third-order valence-electron chi connectivity index (χ3n) is 8.29. The third-order valence-corrected chi connectivity index (χ3v) is 8.29. The second kappa shape index (κ2) is 16.1. The van der Waals surface area contributed by atoms with Crippen LogP contribution in [0.2, 0.25) is 0 Å². The molecule has 5 heteroatoms. The summed E-state index contributed by atoms with van der Waals surface area (Å²) in [6, 6.07) is 15.7. The molecule has 41 heavy (non-hydrogen) atoms. The molecule has 5 nitrogen and oxygen atoms in total. The van der Waals surface area contributed by atoms with Gasteiger partial charge in [0.25, 0.3) is 0 Å². The fourth-order valence-corrected chi connectivity index (χ4v) is 5.76. The topological polar surface area (TPSA) is 75.9 Å². The molecule has 0 spiro atoms. The number of fused-ring (bicyclic) bond motifs is 3. The molecular weight excluding hydrogens is 502 g/mol. The van der Waals surface area contributed by atoms with Crippen LogP contribution in [-0.2, 0) is 19.4 Å². The first-order chi connectivity index (χ1) is 20.1. The van der Waals surface area contributed by atoms with E-state index in [1.165, 1.54) is 85.9 Å². The summed E-state index contributed by atoms with van der Waals surface area (Å²) in [5.41, 5.74) is 11.5. The summed E-state index contributed by atoms with van der Waals surface area (Å²) >= 11 is 0. The van der Waals surface area contributed by atoms with Crippen molar-refractivity contribution in [2.24, 2.45) is 11.7 Å². The van der Waals surface area contributed by atoms with Crippen molar-refractivity contribution in [3.8, 4) is 0 Å². The molecule has 2 aromatic carbocycles. The average molecular weight is 552 g/mol. The van der Waals surface area contributed by atoms with E-state index in [0.717, 1.165) is 48.7 Å². The van der Waals surface area contributed by atoms with Crippen LogP contribution in [-0.4, -0.2) is 23.1 Å². The number of aromatic nitrogens is 2. The molecule has 1 aliphatic carbocycles. The minimum atomic E-state index is 0.942. The molecule has 0 radical (unpaired) electrons. The van der Waals surface area contributed by atoms with Gasteiger partial charge in [0, 0.05) is 41.6 Å². The van der Waals surface area contributed by atoms with Crippen molar-refractivity contribution >= 4 is 27.5 Å². The van der Waals surface area contributed by atoms with Gasteiger partial charge in [-0.05, 0) is 85.7 Å². The summed E-state index contributed by atoms with van der Waals surface area (Å²) in [4.78, 5) is 9.30. The van der Waals surface area contributed by atoms with Crippen molar-refractivity contribution in [3.63, 3.8) is 0 Å². The first-order valence-corrected chi connectivity index (χ1v) is 15.6. The van der Waals surface area contributed by atoms with E-state index in [2.05, 4.69) is 84.2 Å². The Bertz CT molecular complexity index is 1390. The Hall–Kier alpha value is -3.44. The van der Waals surface area contributed by atoms with E-state index in [-0.39, 0.29) is 0 Å². The number of anilines is 1. The maximum Gasteiger partial charge on any atom is 0.134 e. The maximum atomic E-state index is 4.94. The van der Waals surface area contributed by atoms with Crippen LogP contribution in [0.1, 0.15) is 80.5 Å². The van der Waals surface area contributed by atoms with Crippen molar-refractivity contribution < 1.29 is 0 Å². The second-order valence-corrected chi connectivity index (χ2v) is 11.5. The molecular formula is C36H49N5. The fourth-order valence-electron chi connectivity index (χ4n) is 5.76. The number of hydrogen-bond donors (Lipinski definition) is 3. The van der Waals surface area contributed by atoms with Crippen molar-refractivity contribution in [3.05, 3.63) is 89.9 Å². The maximum absolute atomic E-state index is 4.94. The highest BCUT2D eigenvalue weighted by molar-refractivity contribution is 6.09. The highest BCUT2D eigenvalue weighted by Crippen LogP contribution is 2.31. The lowest BCUT2D eigenvalue weighted by atomic mass is 9.79. The van der Waals surface area contributed by atoms with Gasteiger partial charge >= 0.3 is 0 Å². The van der Waals surface area contributed by atoms with Gasteiger partial charge in [-0.1, -0.05) is 82.4 Å². The summed E-state index contributed by atoms with van der Waals surface area (Å²) < 4.78 is 0. The van der Waals surface area contributed by atoms with E-state index in [9.17, 15) is 0 Å². The van der Waals surface area contributed by atoms with E-state index < -0.39 is 0 Å². The van der Waals surface area contributed by atoms with Crippen LogP contribution in [0, 0.1) is 12.8 Å². The quantitative estimate of drug-likeness (QED) is 0.109. The lowest BCUT2D eigenvalue weighted by Gasteiger charge is -2.26. The van der Waals surface area contributed by atoms with Gasteiger partial charge in [-0.2, -0.15) is 0 Å². The smallest absolute Gasteiger partial charge is 0.134 e. The summed E-state index contributed by atoms with van der Waals surface area (Å²) in [6.45, 7) is 10.6. The SMILES string of the molecule is C=CN.CCc1cc(CNCCCCCCCNc2nc3cc(C)ccc3c3cnccc23)ccc1CC1CCC1. The van der Waals surface area contributed by atoms with Crippen molar-refractivity contribution in [1.82, 2.24) is 15.3 Å². The van der Waals surface area contributed by atoms with E-state index in [0.29, 0.717) is 0 Å². The predicted molar refractivity (Wildman–Crippen MR) is 176 cm³/mol. The zero-order chi connectivity index (χ0) is 28.9. The minimum Gasteiger partial charge on any atom is -0.405 e. The number of nitrogens with two attached hydrogens (primary N) is 1. The molecule has 0 aliphatic heterocycles. The zero-order valence-corrected chi connectivity index (χ0v) is 25.2. The molecule has 218 valence electrons. The Balaban J connectivity index is 0.00000124. The number of benzene rings is 2. The van der Waals surface area contributed by atoms with E-state index in [1.54, 1.807) is 11.1 Å². The Kier molecular flexibility index (Phi) is 12.0. The Morgan fingerprint density at radius 3 is 2.46 bits per heavy atom. The van der Waals surface area contributed by atoms with Gasteiger partial charge in [0.05, 0.1) is 5.52 Å². The molecule has 5 rings (SSSR count). The highest BCUT2D eigenvalue weighted by atomic mass is 15.0. The molecule has 1 fully saturated rings. The van der Waals surface area contributed by atoms with Gasteiger partial charge in [0.1, 0.15) is 5.82 Å². The summed E-state index contributed by atoms with van der Waals surface area (Å²) in [7, 11) is 0. The van der Waals surface area contributed by atoms with Crippen molar-refractivity contribution in [2.75, 3.05) is 18.4 Å². The number of pyridine rings is 2. The van der Waals surface area contributed by atoms with Crippen molar-refractivity contribution in [2.45, 2.75) is 84.6 Å². The normalized spacial score (nSPS) is 13.0. The molecule has 2 heterocycles. The fraction of sp³-hybridized carbons (Fsp3) is 0.444. The number of unbranched alkanes of at least 4 members (excludes halogenated alkanes) is 4. The third kappa shape index (κ3) is 8.77. The molecule has 1 aliphatic rings. The average Bonchev–Trinajstić information content (AvgIpc) is 2.96. The Morgan fingerprint density at radius 2 is 1.71 bits per heavy atom. The van der Waals surface area contributed by atoms with E-state index in [4.69, 9.17) is 4.98 Å². The summed E-state index contributed by atoms with van der Waals surface area (Å²) in [6.07, 6.45) is 18.0. The predicted octanol–water partition coefficient (Wildman–Crippen LogP) is 8.24. The number of rotatable bonds is 14. The van der Waals surface area contributed by atoms with Gasteiger partial charge < -0.3 is 16.4 Å². The van der Waals surface area contributed by atoms with Crippen LogP contribution < -0.4 is 16.4 Å². The highest BCUT2D eigenvalue weighted by Gasteiger charge is 2.18. The monoisotopic (exact) mass is 551 g/mol. The number of nitrogens with one attached hydrogen (secondary N) is 2. The van der Waals surface area contributed by atoms with Gasteiger partial charge in [-0.15, -0.1) is 0 Å². The molecule has 0 saturated heterocycles. The first kappa shape index (κ1) is 30.5. The second-order valence-electron chi connectivity index (χ2n) is 11.5. The standard InChI is InChI=1S/C34H44N4.C2H5N/c1-3-28-22-27(13-14-29(28)21-26-10-9-11-26)23-35-17-7-5-4-6-8-18-37-34-31-16-19-36-24-32(31)30-15-12-25(2)20-33(30)38-34;1-2-3/h12-16,19-20,22,24,26,35H,3-11,17-18,21,23H2,1-2H3,(H,37,38);2H,1,3H2. The summed E-state index contributed by atoms with van der Waals surface area (Å²) in [5.74, 6) is 1.92. The minimum absolute atomic E-state index is 0.942. The van der Waals surface area contributed by atoms with Gasteiger partial charge in [0.15, 0.2) is 0 Å². The molecule has 0 atom stereocenters. The van der Waals surface area contributed by atoms with E-state index in [1.807, 2.05) is 12.4 Å². The van der Waals surface area contributed by atoms with Gasteiger partial charge in [-0.3, -0.25) is 4.98 Å². The molecule has 0 unspecified atom stereocenters. The Labute approximate surface area is 247 Å². The molecule has 0 bridgehead atoms. The number of nitrogens with zero attached hydrogens (tertiary/aromatic N) is 2. The van der Waals surface area contributed by atoms with Crippen LogP contribution in [0.4, 0.5) is 5.82 Å². The van der Waals surface area contributed by atoms with E-state index >= 15 is 0 Å². The van der Waals surface area contributed by atoms with Crippen molar-refractivity contribution in [1.29, 1.82) is 0 Å². The van der Waals surface area contributed by atoms with Crippen LogP contribution in [0.3, 0.4) is 0 Å². The number of aryl methyl sites for hydroxylation is 2. The zero-order valence-electron chi connectivity index (χ0n) is 25.2. The largest absolute Gasteiger partial charge is 0.405 e. The molecule has 1 saturated carbocycles. The van der Waals surface area contributed by atoms with Gasteiger partial charge in [-0.25, -0.2) is 4.98 Å². The Morgan fingerprint density at radius 1 is 0.927 bits per heavy atom.